The average Bonchev–Trinajstić information content (AvgIpc) is 2.62. The molecule has 0 atom stereocenters. The third kappa shape index (κ3) is 5.54. The van der Waals surface area contributed by atoms with E-state index in [9.17, 15) is 9.59 Å². The number of methoxy groups -OCH3 is 1. The van der Waals surface area contributed by atoms with Crippen LogP contribution in [0.3, 0.4) is 0 Å². The largest absolute Gasteiger partial charge is 0.490 e. The van der Waals surface area contributed by atoms with E-state index in [-0.39, 0.29) is 18.7 Å². The van der Waals surface area contributed by atoms with Crippen molar-refractivity contribution in [3.63, 3.8) is 0 Å². The zero-order valence-electron chi connectivity index (χ0n) is 14.3. The first kappa shape index (κ1) is 19.9. The number of rotatable bonds is 6. The number of aryl methyl sites for hydroxylation is 1. The summed E-state index contributed by atoms with van der Waals surface area (Å²) >= 11 is 12.1. The second kappa shape index (κ2) is 9.31. The van der Waals surface area contributed by atoms with Gasteiger partial charge in [-0.2, -0.15) is 0 Å². The number of amides is 2. The van der Waals surface area contributed by atoms with Crippen molar-refractivity contribution in [3.05, 3.63) is 57.6 Å². The van der Waals surface area contributed by atoms with E-state index in [1.807, 2.05) is 19.1 Å². The number of carbonyl (C=O) groups is 2. The van der Waals surface area contributed by atoms with Gasteiger partial charge >= 0.3 is 12.0 Å². The molecule has 2 aromatic carbocycles. The van der Waals surface area contributed by atoms with Crippen molar-refractivity contribution in [2.24, 2.45) is 0 Å². The standard InChI is InChI=1S/C18H18Cl2N2O4/c1-11-3-5-14(20)16(9-11)26-8-7-21-18(24)22-15-10-12(17(23)25-2)4-6-13(15)19/h3-6,9-10H,7-8H2,1-2H3,(H2,21,22,24). The number of benzene rings is 2. The minimum atomic E-state index is -0.520. The number of esters is 1. The summed E-state index contributed by atoms with van der Waals surface area (Å²) in [7, 11) is 1.28. The Morgan fingerprint density at radius 1 is 1.08 bits per heavy atom. The van der Waals surface area contributed by atoms with Gasteiger partial charge in [-0.05, 0) is 42.8 Å². The molecule has 0 aliphatic carbocycles. The molecule has 0 aromatic heterocycles. The molecule has 0 saturated heterocycles. The third-order valence-corrected chi connectivity index (χ3v) is 4.01. The maximum atomic E-state index is 12.0. The number of hydrogen-bond acceptors (Lipinski definition) is 4. The smallest absolute Gasteiger partial charge is 0.337 e. The fourth-order valence-corrected chi connectivity index (χ4v) is 2.42. The molecule has 0 saturated carbocycles. The summed E-state index contributed by atoms with van der Waals surface area (Å²) in [5.74, 6) is 0.0382. The van der Waals surface area contributed by atoms with E-state index in [0.717, 1.165) is 5.56 Å². The first-order chi connectivity index (χ1) is 12.4. The third-order valence-electron chi connectivity index (χ3n) is 3.37. The molecule has 0 heterocycles. The molecular formula is C18H18Cl2N2O4. The highest BCUT2D eigenvalue weighted by Gasteiger charge is 2.11. The predicted molar refractivity (Wildman–Crippen MR) is 101 cm³/mol. The molecule has 0 radical (unpaired) electrons. The molecule has 26 heavy (non-hydrogen) atoms. The molecule has 2 aromatic rings. The summed E-state index contributed by atoms with van der Waals surface area (Å²) in [4.78, 5) is 23.5. The van der Waals surface area contributed by atoms with Crippen molar-refractivity contribution in [3.8, 4) is 5.75 Å². The summed E-state index contributed by atoms with van der Waals surface area (Å²) in [6.07, 6.45) is 0. The number of urea groups is 1. The van der Waals surface area contributed by atoms with Crippen LogP contribution in [-0.2, 0) is 4.74 Å². The summed E-state index contributed by atoms with van der Waals surface area (Å²) in [6.45, 7) is 2.43. The molecular weight excluding hydrogens is 379 g/mol. The molecule has 138 valence electrons. The fraction of sp³-hybridized carbons (Fsp3) is 0.222. The molecule has 0 fully saturated rings. The van der Waals surface area contributed by atoms with Crippen molar-refractivity contribution in [1.82, 2.24) is 5.32 Å². The maximum absolute atomic E-state index is 12.0. The maximum Gasteiger partial charge on any atom is 0.337 e. The van der Waals surface area contributed by atoms with E-state index >= 15 is 0 Å². The number of hydrogen-bond donors (Lipinski definition) is 2. The van der Waals surface area contributed by atoms with E-state index in [1.54, 1.807) is 6.07 Å². The molecule has 6 nitrogen and oxygen atoms in total. The summed E-state index contributed by atoms with van der Waals surface area (Å²) in [5.41, 5.74) is 1.61. The van der Waals surface area contributed by atoms with Gasteiger partial charge in [0, 0.05) is 0 Å². The lowest BCUT2D eigenvalue weighted by molar-refractivity contribution is 0.0600. The Morgan fingerprint density at radius 3 is 2.54 bits per heavy atom. The van der Waals surface area contributed by atoms with Crippen LogP contribution >= 0.6 is 23.2 Å². The molecule has 8 heteroatoms. The minimum Gasteiger partial charge on any atom is -0.490 e. The van der Waals surface area contributed by atoms with Crippen LogP contribution in [0.4, 0.5) is 10.5 Å². The fourth-order valence-electron chi connectivity index (χ4n) is 2.08. The first-order valence-corrected chi connectivity index (χ1v) is 8.48. The zero-order chi connectivity index (χ0) is 19.1. The van der Waals surface area contributed by atoms with E-state index < -0.39 is 12.0 Å². The van der Waals surface area contributed by atoms with E-state index in [1.165, 1.54) is 25.3 Å². The Kier molecular flexibility index (Phi) is 7.12. The number of anilines is 1. The van der Waals surface area contributed by atoms with Crippen LogP contribution in [0, 0.1) is 6.92 Å². The molecule has 0 unspecified atom stereocenters. The lowest BCUT2D eigenvalue weighted by Gasteiger charge is -2.12. The van der Waals surface area contributed by atoms with Crippen molar-refractivity contribution in [2.75, 3.05) is 25.6 Å². The topological polar surface area (TPSA) is 76.7 Å². The summed E-state index contributed by atoms with van der Waals surface area (Å²) in [6, 6.07) is 9.43. The SMILES string of the molecule is COC(=O)c1ccc(Cl)c(NC(=O)NCCOc2cc(C)ccc2Cl)c1. The van der Waals surface area contributed by atoms with Crippen molar-refractivity contribution in [1.29, 1.82) is 0 Å². The lowest BCUT2D eigenvalue weighted by Crippen LogP contribution is -2.32. The molecule has 2 N–H and O–H groups in total. The van der Waals surface area contributed by atoms with Crippen molar-refractivity contribution >= 4 is 40.9 Å². The highest BCUT2D eigenvalue weighted by molar-refractivity contribution is 6.34. The quantitative estimate of drug-likeness (QED) is 0.563. The Labute approximate surface area is 161 Å². The van der Waals surface area contributed by atoms with Crippen LogP contribution in [-0.4, -0.2) is 32.3 Å². The summed E-state index contributed by atoms with van der Waals surface area (Å²) in [5, 5.41) is 6.02. The van der Waals surface area contributed by atoms with Gasteiger partial charge in [0.15, 0.2) is 0 Å². The van der Waals surface area contributed by atoms with Crippen LogP contribution in [0.25, 0.3) is 0 Å². The molecule has 0 aliphatic heterocycles. The van der Waals surface area contributed by atoms with E-state index in [4.69, 9.17) is 27.9 Å². The van der Waals surface area contributed by atoms with E-state index in [0.29, 0.717) is 21.5 Å². The van der Waals surface area contributed by atoms with Crippen LogP contribution in [0.15, 0.2) is 36.4 Å². The van der Waals surface area contributed by atoms with Crippen LogP contribution in [0.2, 0.25) is 10.0 Å². The highest BCUT2D eigenvalue weighted by atomic mass is 35.5. The van der Waals surface area contributed by atoms with Crippen molar-refractivity contribution < 1.29 is 19.1 Å². The number of ether oxygens (including phenoxy) is 2. The van der Waals surface area contributed by atoms with Crippen LogP contribution < -0.4 is 15.4 Å². The Morgan fingerprint density at radius 2 is 1.81 bits per heavy atom. The molecule has 2 rings (SSSR count). The van der Waals surface area contributed by atoms with Gasteiger partial charge in [-0.1, -0.05) is 29.3 Å². The van der Waals surface area contributed by atoms with Crippen molar-refractivity contribution in [2.45, 2.75) is 6.92 Å². The zero-order valence-corrected chi connectivity index (χ0v) is 15.8. The number of nitrogens with one attached hydrogen (secondary N) is 2. The van der Waals surface area contributed by atoms with Gasteiger partial charge in [-0.25, -0.2) is 9.59 Å². The van der Waals surface area contributed by atoms with E-state index in [2.05, 4.69) is 15.4 Å². The van der Waals surface area contributed by atoms with Gasteiger partial charge in [0.1, 0.15) is 12.4 Å². The van der Waals surface area contributed by atoms with Crippen LogP contribution in [0.1, 0.15) is 15.9 Å². The first-order valence-electron chi connectivity index (χ1n) is 7.72. The number of carbonyl (C=O) groups excluding carboxylic acids is 2. The van der Waals surface area contributed by atoms with Gasteiger partial charge < -0.3 is 20.1 Å². The highest BCUT2D eigenvalue weighted by Crippen LogP contribution is 2.25. The molecule has 0 bridgehead atoms. The second-order valence-corrected chi connectivity index (χ2v) is 6.16. The van der Waals surface area contributed by atoms with Gasteiger partial charge in [-0.3, -0.25) is 0 Å². The average molecular weight is 397 g/mol. The lowest BCUT2D eigenvalue weighted by atomic mass is 10.2. The number of halogens is 2. The Hall–Kier alpha value is -2.44. The predicted octanol–water partition coefficient (Wildman–Crippen LogP) is 4.29. The second-order valence-electron chi connectivity index (χ2n) is 5.35. The molecule has 0 spiro atoms. The Bertz CT molecular complexity index is 812. The Balaban J connectivity index is 1.85. The molecule has 0 aliphatic rings. The van der Waals surface area contributed by atoms with Gasteiger partial charge in [0.2, 0.25) is 0 Å². The van der Waals surface area contributed by atoms with Gasteiger partial charge in [0.05, 0.1) is 35.0 Å². The van der Waals surface area contributed by atoms with Gasteiger partial charge in [-0.15, -0.1) is 0 Å². The van der Waals surface area contributed by atoms with Gasteiger partial charge in [0.25, 0.3) is 0 Å². The van der Waals surface area contributed by atoms with Crippen LogP contribution in [0.5, 0.6) is 5.75 Å². The normalized spacial score (nSPS) is 10.2. The molecule has 2 amide bonds. The summed E-state index contributed by atoms with van der Waals surface area (Å²) < 4.78 is 10.2. The monoisotopic (exact) mass is 396 g/mol. The minimum absolute atomic E-state index is 0.243.